The van der Waals surface area contributed by atoms with Gasteiger partial charge in [-0.15, -0.1) is 11.6 Å². The van der Waals surface area contributed by atoms with Crippen LogP contribution in [0.3, 0.4) is 0 Å². The number of fused-ring (bicyclic) bond motifs is 1. The van der Waals surface area contributed by atoms with Gasteiger partial charge in [-0.1, -0.05) is 0 Å². The quantitative estimate of drug-likeness (QED) is 0.671. The fourth-order valence-corrected chi connectivity index (χ4v) is 1.48. The van der Waals surface area contributed by atoms with Crippen LogP contribution in [0.2, 0.25) is 0 Å². The molecule has 2 unspecified atom stereocenters. The maximum Gasteiger partial charge on any atom is 0.177 e. The minimum absolute atomic E-state index is 0.0256. The van der Waals surface area contributed by atoms with E-state index >= 15 is 0 Å². The van der Waals surface area contributed by atoms with E-state index in [0.717, 1.165) is 0 Å². The molecular weight excluding hydrogens is 218 g/mol. The van der Waals surface area contributed by atoms with Crippen molar-refractivity contribution in [3.05, 3.63) is 24.2 Å². The number of aliphatic hydroxyl groups is 2. The molecule has 0 aromatic carbocycles. The summed E-state index contributed by atoms with van der Waals surface area (Å²) < 4.78 is 0. The first kappa shape index (κ1) is 10.4. The van der Waals surface area contributed by atoms with E-state index in [0.29, 0.717) is 16.7 Å². The summed E-state index contributed by atoms with van der Waals surface area (Å²) in [6.07, 6.45) is 0.978. The molecule has 2 rings (SSSR count). The van der Waals surface area contributed by atoms with E-state index in [1.54, 1.807) is 6.07 Å². The molecule has 15 heavy (non-hydrogen) atoms. The van der Waals surface area contributed by atoms with E-state index in [4.69, 9.17) is 11.6 Å². The van der Waals surface area contributed by atoms with Gasteiger partial charge < -0.3 is 15.2 Å². The van der Waals surface area contributed by atoms with Crippen molar-refractivity contribution in [3.63, 3.8) is 0 Å². The fraction of sp³-hybridized carbons (Fsp3) is 0.333. The molecule has 0 fully saturated rings. The van der Waals surface area contributed by atoms with Crippen LogP contribution < -0.4 is 0 Å². The number of H-pyrrole nitrogens is 1. The molecule has 0 saturated carbocycles. The molecule has 6 heteroatoms. The minimum Gasteiger partial charge on any atom is -0.389 e. The van der Waals surface area contributed by atoms with E-state index in [-0.39, 0.29) is 5.88 Å². The third-order valence-electron chi connectivity index (χ3n) is 2.16. The molecule has 2 heterocycles. The van der Waals surface area contributed by atoms with Gasteiger partial charge in [-0.05, 0) is 6.07 Å². The maximum absolute atomic E-state index is 9.68. The van der Waals surface area contributed by atoms with Gasteiger partial charge in [0.25, 0.3) is 0 Å². The molecule has 3 N–H and O–H groups in total. The Balaban J connectivity index is 2.35. The molecular formula is C9H10ClN3O2. The highest BCUT2D eigenvalue weighted by Crippen LogP contribution is 2.19. The number of hydrogen-bond acceptors (Lipinski definition) is 4. The predicted molar refractivity (Wildman–Crippen MR) is 55.6 cm³/mol. The Morgan fingerprint density at radius 2 is 2.20 bits per heavy atom. The van der Waals surface area contributed by atoms with Crippen LogP contribution >= 0.6 is 11.6 Å². The second-order valence-electron chi connectivity index (χ2n) is 3.21. The fourth-order valence-electron chi connectivity index (χ4n) is 1.31. The second-order valence-corrected chi connectivity index (χ2v) is 3.52. The van der Waals surface area contributed by atoms with Gasteiger partial charge in [-0.2, -0.15) is 0 Å². The number of halogens is 1. The van der Waals surface area contributed by atoms with Crippen LogP contribution in [0.4, 0.5) is 0 Å². The summed E-state index contributed by atoms with van der Waals surface area (Å²) >= 11 is 5.44. The van der Waals surface area contributed by atoms with Crippen LogP contribution in [0.25, 0.3) is 11.2 Å². The van der Waals surface area contributed by atoms with Crippen molar-refractivity contribution in [2.24, 2.45) is 0 Å². The van der Waals surface area contributed by atoms with Gasteiger partial charge >= 0.3 is 0 Å². The Morgan fingerprint density at radius 3 is 2.93 bits per heavy atom. The molecule has 2 aromatic heterocycles. The molecule has 0 bridgehead atoms. The van der Waals surface area contributed by atoms with Gasteiger partial charge in [-0.3, -0.25) is 0 Å². The Bertz CT molecular complexity index is 459. The van der Waals surface area contributed by atoms with Gasteiger partial charge in [0.15, 0.2) is 5.65 Å². The number of rotatable bonds is 3. The molecule has 0 radical (unpaired) electrons. The van der Waals surface area contributed by atoms with Crippen molar-refractivity contribution in [2.45, 2.75) is 12.2 Å². The number of aromatic nitrogens is 3. The molecule has 2 atom stereocenters. The van der Waals surface area contributed by atoms with Gasteiger partial charge in [0.1, 0.15) is 6.10 Å². The van der Waals surface area contributed by atoms with Crippen LogP contribution in [-0.2, 0) is 0 Å². The molecule has 2 aromatic rings. The zero-order chi connectivity index (χ0) is 10.8. The highest BCUT2D eigenvalue weighted by molar-refractivity contribution is 6.18. The van der Waals surface area contributed by atoms with Crippen molar-refractivity contribution in [1.29, 1.82) is 0 Å². The Labute approximate surface area is 90.7 Å². The third-order valence-corrected chi connectivity index (χ3v) is 2.47. The average Bonchev–Trinajstić information content (AvgIpc) is 2.73. The topological polar surface area (TPSA) is 82.0 Å². The van der Waals surface area contributed by atoms with Crippen molar-refractivity contribution in [2.75, 3.05) is 5.88 Å². The number of aromatic amines is 1. The summed E-state index contributed by atoms with van der Waals surface area (Å²) in [4.78, 5) is 10.8. The second kappa shape index (κ2) is 4.14. The first-order valence-electron chi connectivity index (χ1n) is 4.43. The first-order chi connectivity index (χ1) is 7.22. The lowest BCUT2D eigenvalue weighted by Gasteiger charge is -2.14. The number of imidazole rings is 1. The van der Waals surface area contributed by atoms with E-state index in [1.165, 1.54) is 12.5 Å². The standard InChI is InChI=1S/C9H10ClN3O2/c10-2-7(14)8(15)5-1-6-9(11-3-5)13-4-12-6/h1,3-4,7-8,14-15H,2H2,(H,11,12,13). The number of nitrogens with one attached hydrogen (secondary N) is 1. The van der Waals surface area contributed by atoms with Gasteiger partial charge in [0.05, 0.1) is 23.8 Å². The molecule has 0 aliphatic rings. The number of alkyl halides is 1. The Hall–Kier alpha value is -1.17. The van der Waals surface area contributed by atoms with Crippen molar-refractivity contribution in [3.8, 4) is 0 Å². The van der Waals surface area contributed by atoms with Gasteiger partial charge in [-0.25, -0.2) is 9.97 Å². The number of aliphatic hydroxyl groups excluding tert-OH is 2. The Morgan fingerprint density at radius 1 is 1.40 bits per heavy atom. The molecule has 0 aliphatic carbocycles. The number of pyridine rings is 1. The molecule has 80 valence electrons. The van der Waals surface area contributed by atoms with Gasteiger partial charge in [0.2, 0.25) is 0 Å². The molecule has 0 saturated heterocycles. The average molecular weight is 228 g/mol. The number of hydrogen-bond donors (Lipinski definition) is 3. The molecule has 0 aliphatic heterocycles. The normalized spacial score (nSPS) is 15.4. The van der Waals surface area contributed by atoms with Gasteiger partial charge in [0, 0.05) is 11.8 Å². The smallest absolute Gasteiger partial charge is 0.177 e. The van der Waals surface area contributed by atoms with Crippen molar-refractivity contribution < 1.29 is 10.2 Å². The van der Waals surface area contributed by atoms with Crippen molar-refractivity contribution in [1.82, 2.24) is 15.0 Å². The molecule has 5 nitrogen and oxygen atoms in total. The highest BCUT2D eigenvalue weighted by Gasteiger charge is 2.18. The van der Waals surface area contributed by atoms with Crippen molar-refractivity contribution >= 4 is 22.8 Å². The Kier molecular flexibility index (Phi) is 2.86. The number of nitrogens with zero attached hydrogens (tertiary/aromatic N) is 2. The monoisotopic (exact) mass is 227 g/mol. The SMILES string of the molecule is OC(CCl)C(O)c1cnc2nc[nH]c2c1. The lowest BCUT2D eigenvalue weighted by molar-refractivity contribution is 0.0326. The first-order valence-corrected chi connectivity index (χ1v) is 4.97. The van der Waals surface area contributed by atoms with Crippen LogP contribution in [0.1, 0.15) is 11.7 Å². The largest absolute Gasteiger partial charge is 0.389 e. The van der Waals surface area contributed by atoms with Crippen LogP contribution in [-0.4, -0.2) is 37.1 Å². The molecule has 0 spiro atoms. The van der Waals surface area contributed by atoms with Crippen LogP contribution in [0.5, 0.6) is 0 Å². The van der Waals surface area contributed by atoms with E-state index in [9.17, 15) is 10.2 Å². The summed E-state index contributed by atoms with van der Waals surface area (Å²) in [5, 5.41) is 19.0. The summed E-state index contributed by atoms with van der Waals surface area (Å²) in [5.74, 6) is -0.0256. The zero-order valence-electron chi connectivity index (χ0n) is 7.76. The predicted octanol–water partition coefficient (Wildman–Crippen LogP) is 0.591. The van der Waals surface area contributed by atoms with Crippen LogP contribution in [0.15, 0.2) is 18.6 Å². The highest BCUT2D eigenvalue weighted by atomic mass is 35.5. The molecule has 0 amide bonds. The lowest BCUT2D eigenvalue weighted by Crippen LogP contribution is -2.19. The van der Waals surface area contributed by atoms with Crippen LogP contribution in [0, 0.1) is 0 Å². The summed E-state index contributed by atoms with van der Waals surface area (Å²) in [7, 11) is 0. The lowest BCUT2D eigenvalue weighted by atomic mass is 10.1. The maximum atomic E-state index is 9.68. The summed E-state index contributed by atoms with van der Waals surface area (Å²) in [6, 6.07) is 1.69. The summed E-state index contributed by atoms with van der Waals surface area (Å²) in [5.41, 5.74) is 1.81. The summed E-state index contributed by atoms with van der Waals surface area (Å²) in [6.45, 7) is 0. The minimum atomic E-state index is -1.03. The third kappa shape index (κ3) is 1.94. The zero-order valence-corrected chi connectivity index (χ0v) is 8.52. The van der Waals surface area contributed by atoms with E-state index in [2.05, 4.69) is 15.0 Å². The van der Waals surface area contributed by atoms with E-state index in [1.807, 2.05) is 0 Å². The van der Waals surface area contributed by atoms with E-state index < -0.39 is 12.2 Å².